The summed E-state index contributed by atoms with van der Waals surface area (Å²) in [6, 6.07) is 6.43. The molecule has 1 unspecified atom stereocenters. The summed E-state index contributed by atoms with van der Waals surface area (Å²) in [7, 11) is -6.85. The van der Waals surface area contributed by atoms with Gasteiger partial charge in [-0.1, -0.05) is 0 Å². The molecule has 2 heterocycles. The third kappa shape index (κ3) is 4.31. The van der Waals surface area contributed by atoms with Gasteiger partial charge in [0.1, 0.15) is 11.6 Å². The molecule has 3 rings (SSSR count). The van der Waals surface area contributed by atoms with E-state index >= 15 is 0 Å². The molecule has 10 heteroatoms. The minimum absolute atomic E-state index is 0.0465. The van der Waals surface area contributed by atoms with Crippen LogP contribution in [0.5, 0.6) is 0 Å². The first-order valence-corrected chi connectivity index (χ1v) is 11.2. The number of sulfonamides is 1. The first-order valence-electron chi connectivity index (χ1n) is 7.87. The Morgan fingerprint density at radius 2 is 2.00 bits per heavy atom. The number of sulfone groups is 1. The maximum absolute atomic E-state index is 13.3. The third-order valence-electron chi connectivity index (χ3n) is 4.04. The molecule has 1 fully saturated rings. The van der Waals surface area contributed by atoms with Crippen molar-refractivity contribution >= 4 is 31.4 Å². The standard InChI is InChI=1S/C16H18FN3O4S2/c1-11-8-14(3-4-15(11)17)26(23,24)20-12-2-5-16(18-9-12)19-13-6-7-25(21,22)10-13/h2-5,8-9,13,20H,6-7,10H2,1H3,(H,18,19). The van der Waals surface area contributed by atoms with Crippen LogP contribution in [0.15, 0.2) is 41.4 Å². The number of nitrogens with one attached hydrogen (secondary N) is 2. The van der Waals surface area contributed by atoms with Crippen LogP contribution in [0.2, 0.25) is 0 Å². The smallest absolute Gasteiger partial charge is 0.261 e. The number of pyridine rings is 1. The highest BCUT2D eigenvalue weighted by molar-refractivity contribution is 7.92. The lowest BCUT2D eigenvalue weighted by molar-refractivity contribution is 0.597. The van der Waals surface area contributed by atoms with Gasteiger partial charge >= 0.3 is 0 Å². The Bertz CT molecular complexity index is 1020. The zero-order valence-corrected chi connectivity index (χ0v) is 15.6. The summed E-state index contributed by atoms with van der Waals surface area (Å²) in [5.74, 6) is 0.203. The number of hydrogen-bond donors (Lipinski definition) is 2. The summed E-state index contributed by atoms with van der Waals surface area (Å²) in [6.07, 6.45) is 1.85. The van der Waals surface area contributed by atoms with Crippen molar-refractivity contribution in [3.05, 3.63) is 47.9 Å². The molecule has 1 saturated heterocycles. The van der Waals surface area contributed by atoms with Crippen LogP contribution in [-0.4, -0.2) is 39.4 Å². The molecule has 26 heavy (non-hydrogen) atoms. The van der Waals surface area contributed by atoms with Gasteiger partial charge in [-0.05, 0) is 49.2 Å². The number of aryl methyl sites for hydroxylation is 1. The molecule has 1 aliphatic rings. The summed E-state index contributed by atoms with van der Waals surface area (Å²) >= 11 is 0. The number of nitrogens with zero attached hydrogens (tertiary/aromatic N) is 1. The monoisotopic (exact) mass is 399 g/mol. The van der Waals surface area contributed by atoms with E-state index in [1.54, 1.807) is 6.07 Å². The lowest BCUT2D eigenvalue weighted by atomic mass is 10.2. The molecular formula is C16H18FN3O4S2. The lowest BCUT2D eigenvalue weighted by Gasteiger charge is -2.12. The predicted octanol–water partition coefficient (Wildman–Crippen LogP) is 1.93. The van der Waals surface area contributed by atoms with E-state index in [-0.39, 0.29) is 33.7 Å². The SMILES string of the molecule is Cc1cc(S(=O)(=O)Nc2ccc(NC3CCS(=O)(=O)C3)nc2)ccc1F. The molecule has 7 nitrogen and oxygen atoms in total. The largest absolute Gasteiger partial charge is 0.366 e. The van der Waals surface area contributed by atoms with Gasteiger partial charge in [0.05, 0.1) is 28.3 Å². The molecule has 0 aliphatic carbocycles. The minimum Gasteiger partial charge on any atom is -0.366 e. The average molecular weight is 399 g/mol. The zero-order valence-electron chi connectivity index (χ0n) is 13.9. The van der Waals surface area contributed by atoms with Gasteiger partial charge in [0.2, 0.25) is 0 Å². The second kappa shape index (κ2) is 6.84. The number of rotatable bonds is 5. The highest BCUT2D eigenvalue weighted by Crippen LogP contribution is 2.20. The van der Waals surface area contributed by atoms with Crippen LogP contribution in [0.3, 0.4) is 0 Å². The van der Waals surface area contributed by atoms with Crippen LogP contribution >= 0.6 is 0 Å². The molecule has 140 valence electrons. The topological polar surface area (TPSA) is 105 Å². The van der Waals surface area contributed by atoms with Crippen molar-refractivity contribution in [2.24, 2.45) is 0 Å². The van der Waals surface area contributed by atoms with Crippen molar-refractivity contribution < 1.29 is 21.2 Å². The summed E-state index contributed by atoms with van der Waals surface area (Å²) in [5, 5.41) is 3.02. The van der Waals surface area contributed by atoms with Gasteiger partial charge in [0, 0.05) is 6.04 Å². The number of anilines is 2. The first kappa shape index (κ1) is 18.6. The van der Waals surface area contributed by atoms with E-state index in [9.17, 15) is 21.2 Å². The fourth-order valence-electron chi connectivity index (χ4n) is 2.66. The number of aromatic nitrogens is 1. The summed E-state index contributed by atoms with van der Waals surface area (Å²) in [5.41, 5.74) is 0.480. The zero-order chi connectivity index (χ0) is 18.9. The fraction of sp³-hybridized carbons (Fsp3) is 0.312. The van der Waals surface area contributed by atoms with Crippen LogP contribution in [0, 0.1) is 12.7 Å². The summed E-state index contributed by atoms with van der Waals surface area (Å²) in [4.78, 5) is 4.06. The third-order valence-corrected chi connectivity index (χ3v) is 7.19. The molecule has 0 saturated carbocycles. The number of halogens is 1. The molecule has 0 spiro atoms. The average Bonchev–Trinajstić information content (AvgIpc) is 2.90. The molecule has 1 aromatic heterocycles. The number of hydrogen-bond acceptors (Lipinski definition) is 6. The second-order valence-electron chi connectivity index (χ2n) is 6.19. The van der Waals surface area contributed by atoms with Crippen LogP contribution in [0.4, 0.5) is 15.9 Å². The molecule has 1 aromatic carbocycles. The van der Waals surface area contributed by atoms with E-state index in [1.807, 2.05) is 0 Å². The van der Waals surface area contributed by atoms with Crippen LogP contribution < -0.4 is 10.0 Å². The molecule has 1 aliphatic heterocycles. The van der Waals surface area contributed by atoms with Crippen molar-refractivity contribution in [1.29, 1.82) is 0 Å². The van der Waals surface area contributed by atoms with Crippen LogP contribution in [0.25, 0.3) is 0 Å². The Morgan fingerprint density at radius 3 is 2.58 bits per heavy atom. The van der Waals surface area contributed by atoms with Crippen molar-refractivity contribution in [3.63, 3.8) is 0 Å². The Kier molecular flexibility index (Phi) is 4.89. The second-order valence-corrected chi connectivity index (χ2v) is 10.1. The van der Waals surface area contributed by atoms with Crippen molar-refractivity contribution in [3.8, 4) is 0 Å². The highest BCUT2D eigenvalue weighted by atomic mass is 32.2. The van der Waals surface area contributed by atoms with Crippen molar-refractivity contribution in [2.75, 3.05) is 21.5 Å². The van der Waals surface area contributed by atoms with Crippen molar-refractivity contribution in [2.45, 2.75) is 24.3 Å². The Hall–Kier alpha value is -2.20. The van der Waals surface area contributed by atoms with E-state index in [4.69, 9.17) is 0 Å². The molecule has 0 amide bonds. The normalized spacial score (nSPS) is 19.2. The van der Waals surface area contributed by atoms with Crippen molar-refractivity contribution in [1.82, 2.24) is 4.98 Å². The van der Waals surface area contributed by atoms with E-state index < -0.39 is 25.7 Å². The molecule has 0 radical (unpaired) electrons. The minimum atomic E-state index is -3.86. The highest BCUT2D eigenvalue weighted by Gasteiger charge is 2.27. The van der Waals surface area contributed by atoms with Gasteiger partial charge < -0.3 is 5.32 Å². The van der Waals surface area contributed by atoms with E-state index in [1.165, 1.54) is 31.3 Å². The van der Waals surface area contributed by atoms with Gasteiger partial charge in [-0.2, -0.15) is 0 Å². The Morgan fingerprint density at radius 1 is 1.23 bits per heavy atom. The van der Waals surface area contributed by atoms with Crippen LogP contribution in [0.1, 0.15) is 12.0 Å². The lowest BCUT2D eigenvalue weighted by Crippen LogP contribution is -2.21. The maximum Gasteiger partial charge on any atom is 0.261 e. The molecule has 2 aromatic rings. The molecule has 0 bridgehead atoms. The van der Waals surface area contributed by atoms with Gasteiger partial charge in [-0.25, -0.2) is 26.2 Å². The van der Waals surface area contributed by atoms with E-state index in [0.717, 1.165) is 6.07 Å². The molecule has 2 N–H and O–H groups in total. The van der Waals surface area contributed by atoms with Gasteiger partial charge in [0.15, 0.2) is 9.84 Å². The van der Waals surface area contributed by atoms with Gasteiger partial charge in [0.25, 0.3) is 10.0 Å². The summed E-state index contributed by atoms with van der Waals surface area (Å²) < 4.78 is 63.3. The molecular weight excluding hydrogens is 381 g/mol. The van der Waals surface area contributed by atoms with Gasteiger partial charge in [-0.15, -0.1) is 0 Å². The first-order chi connectivity index (χ1) is 12.1. The Balaban J connectivity index is 1.69. The number of benzene rings is 1. The van der Waals surface area contributed by atoms with Gasteiger partial charge in [-0.3, -0.25) is 4.72 Å². The Labute approximate surface area is 151 Å². The predicted molar refractivity (Wildman–Crippen MR) is 96.9 cm³/mol. The fourth-order valence-corrected chi connectivity index (χ4v) is 5.46. The maximum atomic E-state index is 13.3. The van der Waals surface area contributed by atoms with Crippen LogP contribution in [-0.2, 0) is 19.9 Å². The van der Waals surface area contributed by atoms with E-state index in [0.29, 0.717) is 12.2 Å². The summed E-state index contributed by atoms with van der Waals surface area (Å²) in [6.45, 7) is 1.49. The van der Waals surface area contributed by atoms with E-state index in [2.05, 4.69) is 15.0 Å². The quantitative estimate of drug-likeness (QED) is 0.796. The molecule has 1 atom stereocenters.